The number of aliphatic hydroxyl groups is 1. The van der Waals surface area contributed by atoms with Crippen molar-refractivity contribution in [1.82, 2.24) is 14.5 Å². The van der Waals surface area contributed by atoms with Crippen LogP contribution in [0.5, 0.6) is 0 Å². The van der Waals surface area contributed by atoms with E-state index in [1.165, 1.54) is 10.9 Å². The Morgan fingerprint density at radius 1 is 1.20 bits per heavy atom. The van der Waals surface area contributed by atoms with Gasteiger partial charge in [-0.25, -0.2) is 9.97 Å². The van der Waals surface area contributed by atoms with E-state index in [1.54, 1.807) is 12.4 Å². The SMILES string of the molecule is Cn1cc(-c2cnc(NCCO)nc2)c2ccccc21. The second-order valence-corrected chi connectivity index (χ2v) is 4.62. The largest absolute Gasteiger partial charge is 0.395 e. The Labute approximate surface area is 116 Å². The molecule has 2 aromatic heterocycles. The molecule has 3 rings (SSSR count). The third-order valence-corrected chi connectivity index (χ3v) is 3.25. The van der Waals surface area contributed by atoms with E-state index >= 15 is 0 Å². The van der Waals surface area contributed by atoms with Crippen molar-refractivity contribution in [2.24, 2.45) is 7.05 Å². The van der Waals surface area contributed by atoms with Crippen molar-refractivity contribution in [1.29, 1.82) is 0 Å². The molecular formula is C15H16N4O. The van der Waals surface area contributed by atoms with Crippen molar-refractivity contribution in [2.45, 2.75) is 0 Å². The lowest BCUT2D eigenvalue weighted by Crippen LogP contribution is -2.08. The summed E-state index contributed by atoms with van der Waals surface area (Å²) in [6.07, 6.45) is 5.69. The van der Waals surface area contributed by atoms with Gasteiger partial charge in [-0.15, -0.1) is 0 Å². The predicted octanol–water partition coefficient (Wildman–Crippen LogP) is 2.04. The summed E-state index contributed by atoms with van der Waals surface area (Å²) in [5.74, 6) is 0.531. The first-order valence-electron chi connectivity index (χ1n) is 6.51. The Bertz CT molecular complexity index is 718. The van der Waals surface area contributed by atoms with Crippen LogP contribution >= 0.6 is 0 Å². The lowest BCUT2D eigenvalue weighted by Gasteiger charge is -2.03. The number of rotatable bonds is 4. The van der Waals surface area contributed by atoms with E-state index in [4.69, 9.17) is 5.11 Å². The number of hydrogen-bond acceptors (Lipinski definition) is 4. The number of anilines is 1. The molecule has 0 fully saturated rings. The highest BCUT2D eigenvalue weighted by atomic mass is 16.3. The molecule has 0 radical (unpaired) electrons. The van der Waals surface area contributed by atoms with Crippen LogP contribution in [-0.2, 0) is 7.05 Å². The highest BCUT2D eigenvalue weighted by Gasteiger charge is 2.08. The number of hydrogen-bond donors (Lipinski definition) is 2. The van der Waals surface area contributed by atoms with Crippen molar-refractivity contribution >= 4 is 16.9 Å². The van der Waals surface area contributed by atoms with Crippen LogP contribution in [0.4, 0.5) is 5.95 Å². The van der Waals surface area contributed by atoms with Crippen molar-refractivity contribution in [2.75, 3.05) is 18.5 Å². The van der Waals surface area contributed by atoms with Crippen molar-refractivity contribution in [3.63, 3.8) is 0 Å². The lowest BCUT2D eigenvalue weighted by molar-refractivity contribution is 0.311. The van der Waals surface area contributed by atoms with Gasteiger partial charge >= 0.3 is 0 Å². The number of fused-ring (bicyclic) bond motifs is 1. The molecule has 0 saturated heterocycles. The van der Waals surface area contributed by atoms with E-state index in [9.17, 15) is 0 Å². The van der Waals surface area contributed by atoms with Gasteiger partial charge < -0.3 is 15.0 Å². The van der Waals surface area contributed by atoms with E-state index in [-0.39, 0.29) is 6.61 Å². The summed E-state index contributed by atoms with van der Waals surface area (Å²) in [5.41, 5.74) is 3.29. The van der Waals surface area contributed by atoms with Crippen molar-refractivity contribution in [3.05, 3.63) is 42.9 Å². The quantitative estimate of drug-likeness (QED) is 0.760. The number of nitrogens with zero attached hydrogens (tertiary/aromatic N) is 3. The molecule has 0 unspecified atom stereocenters. The Kier molecular flexibility index (Phi) is 3.35. The molecule has 0 spiro atoms. The Morgan fingerprint density at radius 3 is 2.70 bits per heavy atom. The van der Waals surface area contributed by atoms with Crippen LogP contribution in [0.15, 0.2) is 42.9 Å². The van der Waals surface area contributed by atoms with Gasteiger partial charge in [0, 0.05) is 54.2 Å². The van der Waals surface area contributed by atoms with Crippen molar-refractivity contribution in [3.8, 4) is 11.1 Å². The molecule has 0 aliphatic carbocycles. The third-order valence-electron chi connectivity index (χ3n) is 3.25. The zero-order chi connectivity index (χ0) is 13.9. The molecule has 2 N–H and O–H groups in total. The van der Waals surface area contributed by atoms with Gasteiger partial charge in [0.15, 0.2) is 0 Å². The number of benzene rings is 1. The molecule has 20 heavy (non-hydrogen) atoms. The summed E-state index contributed by atoms with van der Waals surface area (Å²) in [7, 11) is 2.03. The lowest BCUT2D eigenvalue weighted by atomic mass is 10.1. The summed E-state index contributed by atoms with van der Waals surface area (Å²) >= 11 is 0. The average molecular weight is 268 g/mol. The molecule has 0 bridgehead atoms. The van der Waals surface area contributed by atoms with Gasteiger partial charge in [0.2, 0.25) is 5.95 Å². The molecule has 102 valence electrons. The molecule has 1 aromatic carbocycles. The minimum Gasteiger partial charge on any atom is -0.395 e. The summed E-state index contributed by atoms with van der Waals surface area (Å²) in [4.78, 5) is 8.53. The van der Waals surface area contributed by atoms with Crippen LogP contribution in [0, 0.1) is 0 Å². The summed E-state index contributed by atoms with van der Waals surface area (Å²) in [5, 5.41) is 12.9. The highest BCUT2D eigenvalue weighted by molar-refractivity contribution is 5.95. The molecule has 0 atom stereocenters. The first-order valence-corrected chi connectivity index (χ1v) is 6.51. The maximum atomic E-state index is 8.76. The second-order valence-electron chi connectivity index (χ2n) is 4.62. The minimum absolute atomic E-state index is 0.0639. The summed E-state index contributed by atoms with van der Waals surface area (Å²) < 4.78 is 2.10. The molecule has 0 amide bonds. The molecule has 2 heterocycles. The standard InChI is InChI=1S/C15H16N4O/c1-19-10-13(12-4-2-3-5-14(12)19)11-8-17-15(18-9-11)16-6-7-20/h2-5,8-10,20H,6-7H2,1H3,(H,16,17,18). The smallest absolute Gasteiger partial charge is 0.222 e. The molecule has 5 nitrogen and oxygen atoms in total. The first-order chi connectivity index (χ1) is 9.79. The topological polar surface area (TPSA) is 63.0 Å². The van der Waals surface area contributed by atoms with E-state index in [0.29, 0.717) is 12.5 Å². The van der Waals surface area contributed by atoms with E-state index in [1.807, 2.05) is 19.2 Å². The highest BCUT2D eigenvalue weighted by Crippen LogP contribution is 2.29. The molecular weight excluding hydrogens is 252 g/mol. The second kappa shape index (κ2) is 5.30. The van der Waals surface area contributed by atoms with Gasteiger partial charge in [-0.05, 0) is 6.07 Å². The molecule has 3 aromatic rings. The summed E-state index contributed by atoms with van der Waals surface area (Å²) in [6.45, 7) is 0.516. The molecule has 0 aliphatic heterocycles. The van der Waals surface area contributed by atoms with Crippen LogP contribution in [0.3, 0.4) is 0 Å². The number of aryl methyl sites for hydroxylation is 1. The number of aromatic nitrogens is 3. The van der Waals surface area contributed by atoms with Gasteiger partial charge in [0.05, 0.1) is 6.61 Å². The van der Waals surface area contributed by atoms with Gasteiger partial charge in [-0.3, -0.25) is 0 Å². The fraction of sp³-hybridized carbons (Fsp3) is 0.200. The fourth-order valence-electron chi connectivity index (χ4n) is 2.30. The normalized spacial score (nSPS) is 10.9. The fourth-order valence-corrected chi connectivity index (χ4v) is 2.30. The van der Waals surface area contributed by atoms with E-state index in [0.717, 1.165) is 11.1 Å². The maximum Gasteiger partial charge on any atom is 0.222 e. The first kappa shape index (κ1) is 12.6. The monoisotopic (exact) mass is 268 g/mol. The third kappa shape index (κ3) is 2.23. The summed E-state index contributed by atoms with van der Waals surface area (Å²) in [6, 6.07) is 8.26. The Balaban J connectivity index is 1.99. The van der Waals surface area contributed by atoms with Gasteiger partial charge in [0.25, 0.3) is 0 Å². The average Bonchev–Trinajstić information content (AvgIpc) is 2.83. The Hall–Kier alpha value is -2.40. The van der Waals surface area contributed by atoms with Crippen LogP contribution in [0.25, 0.3) is 22.0 Å². The van der Waals surface area contributed by atoms with Gasteiger partial charge in [0.1, 0.15) is 0 Å². The van der Waals surface area contributed by atoms with Crippen LogP contribution in [-0.4, -0.2) is 32.8 Å². The zero-order valence-electron chi connectivity index (χ0n) is 11.2. The predicted molar refractivity (Wildman–Crippen MR) is 79.5 cm³/mol. The van der Waals surface area contributed by atoms with E-state index < -0.39 is 0 Å². The number of aliphatic hydroxyl groups excluding tert-OH is 1. The maximum absolute atomic E-state index is 8.76. The Morgan fingerprint density at radius 2 is 1.95 bits per heavy atom. The van der Waals surface area contributed by atoms with E-state index in [2.05, 4.69) is 38.2 Å². The van der Waals surface area contributed by atoms with Crippen LogP contribution in [0.2, 0.25) is 0 Å². The molecule has 5 heteroatoms. The van der Waals surface area contributed by atoms with Crippen LogP contribution in [0.1, 0.15) is 0 Å². The minimum atomic E-state index is 0.0639. The number of nitrogens with one attached hydrogen (secondary N) is 1. The van der Waals surface area contributed by atoms with Gasteiger partial charge in [-0.1, -0.05) is 18.2 Å². The molecule has 0 aliphatic rings. The van der Waals surface area contributed by atoms with Crippen LogP contribution < -0.4 is 5.32 Å². The number of para-hydroxylation sites is 1. The molecule has 0 saturated carbocycles. The van der Waals surface area contributed by atoms with Crippen molar-refractivity contribution < 1.29 is 5.11 Å². The van der Waals surface area contributed by atoms with Gasteiger partial charge in [-0.2, -0.15) is 0 Å². The zero-order valence-corrected chi connectivity index (χ0v) is 11.2.